The van der Waals surface area contributed by atoms with Crippen LogP contribution in [0.5, 0.6) is 0 Å². The molecule has 0 spiro atoms. The molecular weight excluding hydrogens is 310 g/mol. The van der Waals surface area contributed by atoms with Crippen molar-refractivity contribution in [1.82, 2.24) is 15.2 Å². The van der Waals surface area contributed by atoms with Crippen LogP contribution in [0.15, 0.2) is 54.7 Å². The van der Waals surface area contributed by atoms with E-state index in [2.05, 4.69) is 68.5 Å². The van der Waals surface area contributed by atoms with E-state index in [9.17, 15) is 0 Å². The van der Waals surface area contributed by atoms with Gasteiger partial charge in [0.05, 0.1) is 6.20 Å². The van der Waals surface area contributed by atoms with Gasteiger partial charge in [0, 0.05) is 24.5 Å². The minimum atomic E-state index is 0.689. The predicted molar refractivity (Wildman–Crippen MR) is 98.7 cm³/mol. The number of anilines is 4. The van der Waals surface area contributed by atoms with E-state index in [4.69, 9.17) is 4.98 Å². The Morgan fingerprint density at radius 1 is 0.760 bits per heavy atom. The first-order chi connectivity index (χ1) is 12.4. The van der Waals surface area contributed by atoms with Gasteiger partial charge in [0.15, 0.2) is 5.82 Å². The molecule has 0 unspecified atom stereocenters. The van der Waals surface area contributed by atoms with Crippen molar-refractivity contribution >= 4 is 23.1 Å². The highest BCUT2D eigenvalue weighted by Gasteiger charge is 2.24. The number of hydrogen-bond donors (Lipinski definition) is 0. The van der Waals surface area contributed by atoms with Crippen molar-refractivity contribution < 1.29 is 0 Å². The highest BCUT2D eigenvalue weighted by molar-refractivity contribution is 5.69. The fourth-order valence-electron chi connectivity index (χ4n) is 3.85. The van der Waals surface area contributed by atoms with Crippen LogP contribution >= 0.6 is 0 Å². The van der Waals surface area contributed by atoms with Crippen molar-refractivity contribution in [2.45, 2.75) is 19.3 Å². The monoisotopic (exact) mass is 329 g/mol. The smallest absolute Gasteiger partial charge is 0.251 e. The van der Waals surface area contributed by atoms with E-state index in [0.717, 1.165) is 38.2 Å². The van der Waals surface area contributed by atoms with Crippen LogP contribution < -0.4 is 9.80 Å². The number of hydrogen-bond acceptors (Lipinski definition) is 5. The SMILES string of the molecule is c1ccc2c(c1)CCN2c1cnnc(N2CCCc3ccccc32)n1. The lowest BCUT2D eigenvalue weighted by Crippen LogP contribution is -2.27. The topological polar surface area (TPSA) is 45.2 Å². The van der Waals surface area contributed by atoms with Crippen molar-refractivity contribution in [2.24, 2.45) is 0 Å². The van der Waals surface area contributed by atoms with Crippen LogP contribution in [0.4, 0.5) is 23.1 Å². The van der Waals surface area contributed by atoms with Gasteiger partial charge in [0.25, 0.3) is 5.95 Å². The summed E-state index contributed by atoms with van der Waals surface area (Å²) in [4.78, 5) is 9.29. The number of aromatic nitrogens is 3. The van der Waals surface area contributed by atoms with E-state index in [1.165, 1.54) is 22.5 Å². The summed E-state index contributed by atoms with van der Waals surface area (Å²) in [6.07, 6.45) is 5.03. The molecule has 1 aromatic heterocycles. The van der Waals surface area contributed by atoms with E-state index < -0.39 is 0 Å². The van der Waals surface area contributed by atoms with Gasteiger partial charge < -0.3 is 9.80 Å². The van der Waals surface area contributed by atoms with Gasteiger partial charge in [-0.2, -0.15) is 10.1 Å². The first kappa shape index (κ1) is 14.4. The number of para-hydroxylation sites is 2. The van der Waals surface area contributed by atoms with Crippen LogP contribution in [-0.4, -0.2) is 28.3 Å². The van der Waals surface area contributed by atoms with Gasteiger partial charge in [0.2, 0.25) is 0 Å². The number of fused-ring (bicyclic) bond motifs is 2. The average Bonchev–Trinajstić information content (AvgIpc) is 3.12. The van der Waals surface area contributed by atoms with Crippen molar-refractivity contribution in [2.75, 3.05) is 22.9 Å². The molecule has 3 heterocycles. The van der Waals surface area contributed by atoms with Crippen LogP contribution in [-0.2, 0) is 12.8 Å². The summed E-state index contributed by atoms with van der Waals surface area (Å²) in [5.74, 6) is 1.56. The lowest BCUT2D eigenvalue weighted by atomic mass is 10.0. The van der Waals surface area contributed by atoms with Crippen molar-refractivity contribution in [3.05, 3.63) is 65.9 Å². The molecule has 124 valence electrons. The van der Waals surface area contributed by atoms with E-state index in [1.807, 2.05) is 0 Å². The zero-order valence-electron chi connectivity index (χ0n) is 14.0. The van der Waals surface area contributed by atoms with E-state index in [1.54, 1.807) is 6.20 Å². The Hall–Kier alpha value is -2.95. The number of rotatable bonds is 2. The van der Waals surface area contributed by atoms with Gasteiger partial charge >= 0.3 is 0 Å². The molecule has 25 heavy (non-hydrogen) atoms. The summed E-state index contributed by atoms with van der Waals surface area (Å²) in [5.41, 5.74) is 5.16. The maximum absolute atomic E-state index is 4.85. The average molecular weight is 329 g/mol. The van der Waals surface area contributed by atoms with Crippen LogP contribution in [0.1, 0.15) is 17.5 Å². The van der Waals surface area contributed by atoms with Gasteiger partial charge in [-0.25, -0.2) is 0 Å². The lowest BCUT2D eigenvalue weighted by molar-refractivity contribution is 0.739. The maximum atomic E-state index is 4.85. The van der Waals surface area contributed by atoms with Gasteiger partial charge in [-0.1, -0.05) is 36.4 Å². The second-order valence-corrected chi connectivity index (χ2v) is 6.53. The van der Waals surface area contributed by atoms with Crippen molar-refractivity contribution in [3.8, 4) is 0 Å². The molecule has 2 aromatic carbocycles. The summed E-state index contributed by atoms with van der Waals surface area (Å²) in [5, 5.41) is 8.58. The van der Waals surface area contributed by atoms with Crippen LogP contribution in [0.25, 0.3) is 0 Å². The quantitative estimate of drug-likeness (QED) is 0.718. The number of nitrogens with zero attached hydrogens (tertiary/aromatic N) is 5. The maximum Gasteiger partial charge on any atom is 0.251 e. The molecule has 0 saturated heterocycles. The number of aryl methyl sites for hydroxylation is 1. The second-order valence-electron chi connectivity index (χ2n) is 6.53. The van der Waals surface area contributed by atoms with Gasteiger partial charge in [-0.15, -0.1) is 5.10 Å². The zero-order chi connectivity index (χ0) is 16.6. The van der Waals surface area contributed by atoms with Crippen LogP contribution in [0, 0.1) is 0 Å². The van der Waals surface area contributed by atoms with Crippen LogP contribution in [0.3, 0.4) is 0 Å². The van der Waals surface area contributed by atoms with Crippen LogP contribution in [0.2, 0.25) is 0 Å². The molecule has 0 amide bonds. The lowest BCUT2D eigenvalue weighted by Gasteiger charge is -2.29. The highest BCUT2D eigenvalue weighted by Crippen LogP contribution is 2.35. The fraction of sp³-hybridized carbons (Fsp3) is 0.250. The van der Waals surface area contributed by atoms with E-state index in [-0.39, 0.29) is 0 Å². The third-order valence-electron chi connectivity index (χ3n) is 5.05. The fourth-order valence-corrected chi connectivity index (χ4v) is 3.85. The molecule has 5 heteroatoms. The molecule has 0 atom stereocenters. The van der Waals surface area contributed by atoms with Crippen molar-refractivity contribution in [1.29, 1.82) is 0 Å². The Morgan fingerprint density at radius 3 is 2.32 bits per heavy atom. The Kier molecular flexibility index (Phi) is 3.37. The third kappa shape index (κ3) is 2.43. The standard InChI is InChI=1S/C20H19N5/c1-4-10-18-15(6-1)8-5-12-25(18)20-22-19(14-21-23-20)24-13-11-16-7-2-3-9-17(16)24/h1-4,6-7,9-10,14H,5,8,11-13H2. The summed E-state index contributed by atoms with van der Waals surface area (Å²) in [6.45, 7) is 1.87. The molecule has 0 radical (unpaired) electrons. The Labute approximate surface area is 147 Å². The summed E-state index contributed by atoms with van der Waals surface area (Å²) < 4.78 is 0. The summed E-state index contributed by atoms with van der Waals surface area (Å²) in [6, 6.07) is 17.0. The summed E-state index contributed by atoms with van der Waals surface area (Å²) in [7, 11) is 0. The van der Waals surface area contributed by atoms with Gasteiger partial charge in [-0.05, 0) is 42.5 Å². The van der Waals surface area contributed by atoms with Gasteiger partial charge in [-0.3, -0.25) is 0 Å². The van der Waals surface area contributed by atoms with Crippen molar-refractivity contribution in [3.63, 3.8) is 0 Å². The molecule has 0 saturated carbocycles. The molecule has 0 N–H and O–H groups in total. The molecule has 0 bridgehead atoms. The molecule has 0 fully saturated rings. The van der Waals surface area contributed by atoms with E-state index >= 15 is 0 Å². The first-order valence-electron chi connectivity index (χ1n) is 8.81. The Bertz CT molecular complexity index is 923. The first-order valence-corrected chi connectivity index (χ1v) is 8.81. The predicted octanol–water partition coefficient (Wildman–Crippen LogP) is 3.65. The zero-order valence-corrected chi connectivity index (χ0v) is 14.0. The minimum absolute atomic E-state index is 0.689. The molecular formula is C20H19N5. The summed E-state index contributed by atoms with van der Waals surface area (Å²) >= 11 is 0. The molecule has 2 aliphatic rings. The third-order valence-corrected chi connectivity index (χ3v) is 5.05. The highest BCUT2D eigenvalue weighted by atomic mass is 15.4. The molecule has 3 aromatic rings. The molecule has 5 rings (SSSR count). The second kappa shape index (κ2) is 5.84. The van der Waals surface area contributed by atoms with Gasteiger partial charge in [0.1, 0.15) is 0 Å². The number of benzene rings is 2. The largest absolute Gasteiger partial charge is 0.324 e. The molecule has 5 nitrogen and oxygen atoms in total. The minimum Gasteiger partial charge on any atom is -0.324 e. The van der Waals surface area contributed by atoms with E-state index in [0.29, 0.717) is 5.95 Å². The molecule has 2 aliphatic heterocycles. The molecule has 0 aliphatic carbocycles. The normalized spacial score (nSPS) is 15.8. The Morgan fingerprint density at radius 2 is 1.48 bits per heavy atom. The Balaban J connectivity index is 1.53.